The number of Topliss-reactive ketones (excluding diaryl/α,β-unsaturated/α-hetero) is 1. The molecule has 4 aromatic rings. The van der Waals surface area contributed by atoms with Gasteiger partial charge in [-0.05, 0) is 24.6 Å². The number of aromatic nitrogens is 3. The van der Waals surface area contributed by atoms with Crippen molar-refractivity contribution in [3.8, 4) is 5.69 Å². The van der Waals surface area contributed by atoms with Gasteiger partial charge >= 0.3 is 0 Å². The predicted molar refractivity (Wildman–Crippen MR) is 117 cm³/mol. The van der Waals surface area contributed by atoms with Crippen molar-refractivity contribution in [2.75, 3.05) is 5.75 Å². The Labute approximate surface area is 174 Å². The van der Waals surface area contributed by atoms with Crippen molar-refractivity contribution < 1.29 is 4.79 Å². The number of para-hydroxylation sites is 1. The third kappa shape index (κ3) is 4.63. The minimum atomic E-state index is 0.0854. The van der Waals surface area contributed by atoms with Crippen LogP contribution in [0.2, 0.25) is 0 Å². The van der Waals surface area contributed by atoms with Gasteiger partial charge in [-0.25, -0.2) is 0 Å². The number of aryl methyl sites for hydroxylation is 1. The Bertz CT molecular complexity index is 1090. The molecule has 1 aromatic heterocycles. The van der Waals surface area contributed by atoms with Crippen molar-refractivity contribution in [2.24, 2.45) is 0 Å². The van der Waals surface area contributed by atoms with Gasteiger partial charge in [-0.2, -0.15) is 0 Å². The highest BCUT2D eigenvalue weighted by atomic mass is 32.2. The van der Waals surface area contributed by atoms with Crippen LogP contribution < -0.4 is 0 Å². The van der Waals surface area contributed by atoms with E-state index in [-0.39, 0.29) is 5.78 Å². The molecule has 0 unspecified atom stereocenters. The van der Waals surface area contributed by atoms with E-state index < -0.39 is 0 Å². The van der Waals surface area contributed by atoms with E-state index >= 15 is 0 Å². The van der Waals surface area contributed by atoms with Crippen LogP contribution in [0.15, 0.2) is 90.1 Å². The fourth-order valence-corrected chi connectivity index (χ4v) is 3.94. The van der Waals surface area contributed by atoms with E-state index in [0.29, 0.717) is 12.2 Å². The summed E-state index contributed by atoms with van der Waals surface area (Å²) in [5, 5.41) is 9.55. The summed E-state index contributed by atoms with van der Waals surface area (Å²) in [6.07, 6.45) is 0.676. The molecule has 1 heterocycles. The molecule has 0 bridgehead atoms. The first kappa shape index (κ1) is 19.2. The van der Waals surface area contributed by atoms with Gasteiger partial charge in [-0.3, -0.25) is 9.36 Å². The molecule has 4 rings (SSSR count). The van der Waals surface area contributed by atoms with Crippen molar-refractivity contribution in [2.45, 2.75) is 18.5 Å². The lowest BCUT2D eigenvalue weighted by Gasteiger charge is -2.10. The number of hydrogen-bond acceptors (Lipinski definition) is 4. The van der Waals surface area contributed by atoms with Gasteiger partial charge in [-0.15, -0.1) is 10.2 Å². The highest BCUT2D eigenvalue weighted by molar-refractivity contribution is 7.99. The second-order valence-corrected chi connectivity index (χ2v) is 7.75. The first-order valence-corrected chi connectivity index (χ1v) is 10.5. The van der Waals surface area contributed by atoms with Gasteiger partial charge in [0, 0.05) is 17.7 Å². The lowest BCUT2D eigenvalue weighted by atomic mass is 10.1. The van der Waals surface area contributed by atoms with E-state index in [1.165, 1.54) is 17.3 Å². The van der Waals surface area contributed by atoms with E-state index in [1.807, 2.05) is 84.3 Å². The van der Waals surface area contributed by atoms with Crippen molar-refractivity contribution in [3.63, 3.8) is 0 Å². The Hall–Kier alpha value is -3.18. The predicted octanol–water partition coefficient (Wildman–Crippen LogP) is 5.14. The van der Waals surface area contributed by atoms with Gasteiger partial charge in [0.25, 0.3) is 0 Å². The molecule has 0 saturated heterocycles. The molecule has 0 saturated carbocycles. The fourth-order valence-electron chi connectivity index (χ4n) is 3.08. The molecule has 4 nitrogen and oxygen atoms in total. The summed E-state index contributed by atoms with van der Waals surface area (Å²) in [5.74, 6) is 1.26. The summed E-state index contributed by atoms with van der Waals surface area (Å²) in [6.45, 7) is 2.01. The second kappa shape index (κ2) is 8.88. The van der Waals surface area contributed by atoms with E-state index in [2.05, 4.69) is 22.3 Å². The molecule has 0 aliphatic rings. The Balaban J connectivity index is 1.59. The Kier molecular flexibility index (Phi) is 5.86. The summed E-state index contributed by atoms with van der Waals surface area (Å²) < 4.78 is 2.04. The Morgan fingerprint density at radius 2 is 1.52 bits per heavy atom. The molecule has 0 aliphatic heterocycles. The monoisotopic (exact) mass is 399 g/mol. The normalized spacial score (nSPS) is 10.8. The van der Waals surface area contributed by atoms with Crippen LogP contribution in [-0.4, -0.2) is 26.3 Å². The molecule has 144 valence electrons. The lowest BCUT2D eigenvalue weighted by Crippen LogP contribution is -2.06. The first-order valence-electron chi connectivity index (χ1n) is 9.47. The van der Waals surface area contributed by atoms with Crippen molar-refractivity contribution >= 4 is 17.5 Å². The quantitative estimate of drug-likeness (QED) is 0.319. The minimum Gasteiger partial charge on any atom is -0.293 e. The van der Waals surface area contributed by atoms with Gasteiger partial charge < -0.3 is 0 Å². The van der Waals surface area contributed by atoms with Crippen LogP contribution in [0.1, 0.15) is 27.3 Å². The molecule has 5 heteroatoms. The van der Waals surface area contributed by atoms with E-state index in [1.54, 1.807) is 0 Å². The average molecular weight is 400 g/mol. The SMILES string of the molecule is Cc1ccc(C(=O)CSc2nnc(Cc3ccccc3)n2-c2ccccc2)cc1. The lowest BCUT2D eigenvalue weighted by molar-refractivity contribution is 0.102. The van der Waals surface area contributed by atoms with Crippen LogP contribution in [0.25, 0.3) is 5.69 Å². The number of ketones is 1. The van der Waals surface area contributed by atoms with Crippen LogP contribution in [0.3, 0.4) is 0 Å². The molecule has 0 spiro atoms. The topological polar surface area (TPSA) is 47.8 Å². The van der Waals surface area contributed by atoms with E-state index in [4.69, 9.17) is 0 Å². The number of nitrogens with zero attached hydrogens (tertiary/aromatic N) is 3. The molecule has 0 N–H and O–H groups in total. The highest BCUT2D eigenvalue weighted by Crippen LogP contribution is 2.24. The van der Waals surface area contributed by atoms with E-state index in [0.717, 1.165) is 27.8 Å². The first-order chi connectivity index (χ1) is 14.2. The summed E-state index contributed by atoms with van der Waals surface area (Å²) in [4.78, 5) is 12.6. The molecule has 3 aromatic carbocycles. The molecular formula is C24H21N3OS. The van der Waals surface area contributed by atoms with Gasteiger partial charge in [0.2, 0.25) is 0 Å². The van der Waals surface area contributed by atoms with Gasteiger partial charge in [-0.1, -0.05) is 90.1 Å². The summed E-state index contributed by atoms with van der Waals surface area (Å²) in [6, 6.07) is 27.9. The molecule has 0 atom stereocenters. The largest absolute Gasteiger partial charge is 0.293 e. The standard InChI is InChI=1S/C24H21N3OS/c1-18-12-14-20(15-13-18)22(28)17-29-24-26-25-23(16-19-8-4-2-5-9-19)27(24)21-10-6-3-7-11-21/h2-15H,16-17H2,1H3. The van der Waals surface area contributed by atoms with Crippen LogP contribution in [-0.2, 0) is 6.42 Å². The third-order valence-electron chi connectivity index (χ3n) is 4.63. The zero-order valence-corrected chi connectivity index (χ0v) is 17.0. The zero-order valence-electron chi connectivity index (χ0n) is 16.2. The van der Waals surface area contributed by atoms with Crippen LogP contribution >= 0.6 is 11.8 Å². The minimum absolute atomic E-state index is 0.0854. The Morgan fingerprint density at radius 3 is 2.21 bits per heavy atom. The smallest absolute Gasteiger partial charge is 0.196 e. The van der Waals surface area contributed by atoms with Crippen molar-refractivity contribution in [1.29, 1.82) is 0 Å². The van der Waals surface area contributed by atoms with Crippen molar-refractivity contribution in [3.05, 3.63) is 107 Å². The molecule has 0 aliphatic carbocycles. The van der Waals surface area contributed by atoms with Gasteiger partial charge in [0.1, 0.15) is 5.82 Å². The number of carbonyl (C=O) groups excluding carboxylic acids is 1. The highest BCUT2D eigenvalue weighted by Gasteiger charge is 2.16. The van der Waals surface area contributed by atoms with Crippen molar-refractivity contribution in [1.82, 2.24) is 14.8 Å². The zero-order chi connectivity index (χ0) is 20.1. The number of benzene rings is 3. The Morgan fingerprint density at radius 1 is 0.862 bits per heavy atom. The summed E-state index contributed by atoms with van der Waals surface area (Å²) in [5.41, 5.74) is 4.03. The third-order valence-corrected chi connectivity index (χ3v) is 5.55. The summed E-state index contributed by atoms with van der Waals surface area (Å²) >= 11 is 1.42. The number of thioether (sulfide) groups is 1. The van der Waals surface area contributed by atoms with Gasteiger partial charge in [0.15, 0.2) is 10.9 Å². The number of hydrogen-bond donors (Lipinski definition) is 0. The number of rotatable bonds is 7. The maximum Gasteiger partial charge on any atom is 0.196 e. The average Bonchev–Trinajstić information content (AvgIpc) is 3.16. The van der Waals surface area contributed by atoms with Crippen LogP contribution in [0, 0.1) is 6.92 Å². The maximum atomic E-state index is 12.6. The maximum absolute atomic E-state index is 12.6. The molecule has 0 fully saturated rings. The molecule has 29 heavy (non-hydrogen) atoms. The van der Waals surface area contributed by atoms with Crippen LogP contribution in [0.4, 0.5) is 0 Å². The molecule has 0 amide bonds. The molecule has 0 radical (unpaired) electrons. The number of carbonyl (C=O) groups is 1. The molecular weight excluding hydrogens is 378 g/mol. The van der Waals surface area contributed by atoms with E-state index in [9.17, 15) is 4.79 Å². The second-order valence-electron chi connectivity index (χ2n) is 6.81. The van der Waals surface area contributed by atoms with Crippen LogP contribution in [0.5, 0.6) is 0 Å². The fraction of sp³-hybridized carbons (Fsp3) is 0.125. The van der Waals surface area contributed by atoms with Gasteiger partial charge in [0.05, 0.1) is 5.75 Å². The summed E-state index contributed by atoms with van der Waals surface area (Å²) in [7, 11) is 0.